The Morgan fingerprint density at radius 2 is 2.13 bits per heavy atom. The van der Waals surface area contributed by atoms with Crippen molar-refractivity contribution in [2.24, 2.45) is 0 Å². The van der Waals surface area contributed by atoms with Gasteiger partial charge in [0.15, 0.2) is 0 Å². The van der Waals surface area contributed by atoms with E-state index >= 15 is 0 Å². The van der Waals surface area contributed by atoms with Crippen LogP contribution in [0.5, 0.6) is 5.75 Å². The fourth-order valence-corrected chi connectivity index (χ4v) is 5.37. The van der Waals surface area contributed by atoms with E-state index in [0.717, 1.165) is 37.8 Å². The van der Waals surface area contributed by atoms with Crippen molar-refractivity contribution in [3.63, 3.8) is 0 Å². The lowest BCUT2D eigenvalue weighted by atomic mass is 9.93. The van der Waals surface area contributed by atoms with Gasteiger partial charge in [0.25, 0.3) is 0 Å². The van der Waals surface area contributed by atoms with Gasteiger partial charge in [-0.15, -0.1) is 11.8 Å². The Morgan fingerprint density at radius 1 is 1.26 bits per heavy atom. The van der Waals surface area contributed by atoms with Crippen LogP contribution in [0, 0.1) is 0 Å². The first-order valence-corrected chi connectivity index (χ1v) is 9.99. The van der Waals surface area contributed by atoms with Gasteiger partial charge in [-0.2, -0.15) is 0 Å². The normalized spacial score (nSPS) is 28.9. The maximum absolute atomic E-state index is 6.22. The standard InChI is InChI=1S/C19H27NO2S/c1-20-8-2-3-15(20)11-14-13-23-19-5-4-17(12-18(14)19)22-16-6-9-21-10-7-16/h4-5,12,14-16H,2-3,6-11,13H2,1H3/t14-,15-/m1/s1. The Balaban J connectivity index is 1.45. The lowest BCUT2D eigenvalue weighted by Crippen LogP contribution is -2.27. The first kappa shape index (κ1) is 15.8. The molecule has 4 rings (SSSR count). The van der Waals surface area contributed by atoms with Crippen LogP contribution < -0.4 is 4.74 Å². The molecule has 2 fully saturated rings. The zero-order chi connectivity index (χ0) is 15.6. The number of ether oxygens (including phenoxy) is 2. The van der Waals surface area contributed by atoms with Crippen molar-refractivity contribution >= 4 is 11.8 Å². The number of fused-ring (bicyclic) bond motifs is 1. The van der Waals surface area contributed by atoms with Crippen LogP contribution in [0.2, 0.25) is 0 Å². The second-order valence-corrected chi connectivity index (χ2v) is 8.21. The quantitative estimate of drug-likeness (QED) is 0.832. The van der Waals surface area contributed by atoms with Gasteiger partial charge in [-0.1, -0.05) is 0 Å². The predicted molar refractivity (Wildman–Crippen MR) is 94.6 cm³/mol. The minimum atomic E-state index is 0.329. The minimum Gasteiger partial charge on any atom is -0.490 e. The molecule has 0 radical (unpaired) electrons. The van der Waals surface area contributed by atoms with Crippen molar-refractivity contribution in [2.75, 3.05) is 32.6 Å². The van der Waals surface area contributed by atoms with E-state index in [9.17, 15) is 0 Å². The third-order valence-electron chi connectivity index (χ3n) is 5.56. The molecule has 0 spiro atoms. The Hall–Kier alpha value is -0.710. The van der Waals surface area contributed by atoms with Crippen LogP contribution in [0.3, 0.4) is 0 Å². The minimum absolute atomic E-state index is 0.329. The van der Waals surface area contributed by atoms with Crippen molar-refractivity contribution in [3.05, 3.63) is 23.8 Å². The summed E-state index contributed by atoms with van der Waals surface area (Å²) in [5.41, 5.74) is 1.53. The molecule has 3 heterocycles. The van der Waals surface area contributed by atoms with Crippen LogP contribution in [-0.4, -0.2) is 49.6 Å². The average molecular weight is 333 g/mol. The number of thioether (sulfide) groups is 1. The van der Waals surface area contributed by atoms with Crippen molar-refractivity contribution < 1.29 is 9.47 Å². The van der Waals surface area contributed by atoms with Crippen LogP contribution >= 0.6 is 11.8 Å². The third kappa shape index (κ3) is 3.54. The first-order valence-electron chi connectivity index (χ1n) is 9.01. The van der Waals surface area contributed by atoms with Gasteiger partial charge in [-0.25, -0.2) is 0 Å². The molecule has 0 saturated carbocycles. The van der Waals surface area contributed by atoms with Gasteiger partial charge in [0.05, 0.1) is 13.2 Å². The van der Waals surface area contributed by atoms with E-state index in [1.165, 1.54) is 42.0 Å². The van der Waals surface area contributed by atoms with Crippen molar-refractivity contribution in [1.82, 2.24) is 4.90 Å². The number of nitrogens with zero attached hydrogens (tertiary/aromatic N) is 1. The zero-order valence-electron chi connectivity index (χ0n) is 14.0. The van der Waals surface area contributed by atoms with E-state index in [1.54, 1.807) is 0 Å². The zero-order valence-corrected chi connectivity index (χ0v) is 14.8. The second kappa shape index (κ2) is 7.04. The summed E-state index contributed by atoms with van der Waals surface area (Å²) in [5.74, 6) is 2.99. The van der Waals surface area contributed by atoms with E-state index < -0.39 is 0 Å². The molecule has 0 aromatic heterocycles. The molecule has 4 heteroatoms. The highest BCUT2D eigenvalue weighted by molar-refractivity contribution is 7.99. The molecule has 2 atom stereocenters. The molecule has 2 saturated heterocycles. The number of rotatable bonds is 4. The van der Waals surface area contributed by atoms with E-state index in [4.69, 9.17) is 9.47 Å². The van der Waals surface area contributed by atoms with E-state index in [1.807, 2.05) is 11.8 Å². The van der Waals surface area contributed by atoms with Gasteiger partial charge in [0.2, 0.25) is 0 Å². The number of hydrogen-bond acceptors (Lipinski definition) is 4. The van der Waals surface area contributed by atoms with Crippen LogP contribution in [-0.2, 0) is 4.74 Å². The molecule has 3 aliphatic rings. The summed E-state index contributed by atoms with van der Waals surface area (Å²) in [7, 11) is 2.28. The molecular formula is C19H27NO2S. The highest BCUT2D eigenvalue weighted by atomic mass is 32.2. The maximum atomic E-state index is 6.22. The molecule has 1 aromatic carbocycles. The summed E-state index contributed by atoms with van der Waals surface area (Å²) >= 11 is 2.02. The summed E-state index contributed by atoms with van der Waals surface area (Å²) in [5, 5.41) is 0. The smallest absolute Gasteiger partial charge is 0.120 e. The molecule has 0 bridgehead atoms. The molecule has 0 amide bonds. The van der Waals surface area contributed by atoms with Crippen LogP contribution in [0.15, 0.2) is 23.1 Å². The molecule has 1 aromatic rings. The summed E-state index contributed by atoms with van der Waals surface area (Å²) < 4.78 is 11.6. The molecule has 3 nitrogen and oxygen atoms in total. The van der Waals surface area contributed by atoms with Crippen LogP contribution in [0.25, 0.3) is 0 Å². The Morgan fingerprint density at radius 3 is 2.91 bits per heavy atom. The number of likely N-dealkylation sites (tertiary alicyclic amines) is 1. The molecule has 126 valence electrons. The van der Waals surface area contributed by atoms with Gasteiger partial charge in [-0.05, 0) is 62.5 Å². The highest BCUT2D eigenvalue weighted by Crippen LogP contribution is 2.44. The fraction of sp³-hybridized carbons (Fsp3) is 0.684. The molecule has 0 unspecified atom stereocenters. The molecule has 0 N–H and O–H groups in total. The monoisotopic (exact) mass is 333 g/mol. The topological polar surface area (TPSA) is 21.7 Å². The van der Waals surface area contributed by atoms with E-state index in [-0.39, 0.29) is 0 Å². The van der Waals surface area contributed by atoms with Gasteiger partial charge < -0.3 is 14.4 Å². The predicted octanol–water partition coefficient (Wildman–Crippen LogP) is 3.92. The molecular weight excluding hydrogens is 306 g/mol. The lowest BCUT2D eigenvalue weighted by Gasteiger charge is -2.25. The first-order chi connectivity index (χ1) is 11.3. The SMILES string of the molecule is CN1CCC[C@@H]1C[C@@H]1CSc2ccc(OC3CCOCC3)cc21. The number of hydrogen-bond donors (Lipinski definition) is 0. The Kier molecular flexibility index (Phi) is 4.83. The maximum Gasteiger partial charge on any atom is 0.120 e. The summed E-state index contributed by atoms with van der Waals surface area (Å²) in [6.07, 6.45) is 6.39. The molecule has 3 aliphatic heterocycles. The summed E-state index contributed by atoms with van der Waals surface area (Å²) in [6, 6.07) is 7.52. The van der Waals surface area contributed by atoms with Crippen LogP contribution in [0.4, 0.5) is 0 Å². The largest absolute Gasteiger partial charge is 0.490 e. The van der Waals surface area contributed by atoms with Crippen LogP contribution in [0.1, 0.15) is 43.6 Å². The highest BCUT2D eigenvalue weighted by Gasteiger charge is 2.30. The van der Waals surface area contributed by atoms with Gasteiger partial charge in [0.1, 0.15) is 11.9 Å². The average Bonchev–Trinajstić information content (AvgIpc) is 3.16. The van der Waals surface area contributed by atoms with Crippen molar-refractivity contribution in [3.8, 4) is 5.75 Å². The van der Waals surface area contributed by atoms with Crippen molar-refractivity contribution in [2.45, 2.75) is 55.1 Å². The number of benzene rings is 1. The van der Waals surface area contributed by atoms with Gasteiger partial charge >= 0.3 is 0 Å². The summed E-state index contributed by atoms with van der Waals surface area (Å²) in [6.45, 7) is 2.94. The third-order valence-corrected chi connectivity index (χ3v) is 6.81. The summed E-state index contributed by atoms with van der Waals surface area (Å²) in [4.78, 5) is 4.01. The molecule has 23 heavy (non-hydrogen) atoms. The molecule has 0 aliphatic carbocycles. The van der Waals surface area contributed by atoms with E-state index in [0.29, 0.717) is 12.0 Å². The van der Waals surface area contributed by atoms with E-state index in [2.05, 4.69) is 30.1 Å². The lowest BCUT2D eigenvalue weighted by molar-refractivity contribution is 0.0255. The van der Waals surface area contributed by atoms with Gasteiger partial charge in [-0.3, -0.25) is 0 Å². The van der Waals surface area contributed by atoms with Gasteiger partial charge in [0, 0.05) is 29.5 Å². The Bertz CT molecular complexity index is 544. The Labute approximate surface area is 143 Å². The second-order valence-electron chi connectivity index (χ2n) is 7.15. The van der Waals surface area contributed by atoms with Crippen molar-refractivity contribution in [1.29, 1.82) is 0 Å². The fourth-order valence-electron chi connectivity index (χ4n) is 4.12.